The molecular weight excluding hydrogens is 443 g/mol. The second-order valence-corrected chi connectivity index (χ2v) is 9.61. The van der Waals surface area contributed by atoms with Crippen molar-refractivity contribution < 1.29 is 21.6 Å². The molecule has 1 saturated carbocycles. The van der Waals surface area contributed by atoms with Gasteiger partial charge in [-0.25, -0.2) is 8.42 Å². The number of halogens is 3. The fraction of sp³-hybridized carbons (Fsp3) is 0.381. The predicted octanol–water partition coefficient (Wildman–Crippen LogP) is 4.23. The first-order valence-corrected chi connectivity index (χ1v) is 11.5. The topological polar surface area (TPSA) is 101 Å². The van der Waals surface area contributed by atoms with Crippen LogP contribution in [0.1, 0.15) is 43.5 Å². The summed E-state index contributed by atoms with van der Waals surface area (Å²) in [5, 5.41) is 10.6. The first-order valence-electron chi connectivity index (χ1n) is 9.99. The van der Waals surface area contributed by atoms with Gasteiger partial charge in [-0.2, -0.15) is 23.2 Å². The zero-order valence-electron chi connectivity index (χ0n) is 17.3. The molecule has 1 fully saturated rings. The van der Waals surface area contributed by atoms with E-state index in [1.54, 1.807) is 10.9 Å². The van der Waals surface area contributed by atoms with E-state index in [1.807, 2.05) is 17.6 Å². The third-order valence-electron chi connectivity index (χ3n) is 5.69. The largest absolute Gasteiger partial charge is 0.404 e. The van der Waals surface area contributed by atoms with Gasteiger partial charge in [0.15, 0.2) is 0 Å². The molecule has 0 spiro atoms. The SMILES string of the molecule is Cc1cc2c(C#N)c(-c3ccc(S(=O)(=O)N[C@@H](C)C(F)(F)F)cn3)n(C3CCC3)c2cn1. The van der Waals surface area contributed by atoms with Gasteiger partial charge in [-0.3, -0.25) is 9.97 Å². The summed E-state index contributed by atoms with van der Waals surface area (Å²) in [6.07, 6.45) is 0.932. The van der Waals surface area contributed by atoms with Crippen molar-refractivity contribution >= 4 is 20.9 Å². The highest BCUT2D eigenvalue weighted by molar-refractivity contribution is 7.89. The molecule has 1 aliphatic rings. The van der Waals surface area contributed by atoms with E-state index in [-0.39, 0.29) is 10.9 Å². The predicted molar refractivity (Wildman–Crippen MR) is 111 cm³/mol. The molecule has 0 bridgehead atoms. The number of fused-ring (bicyclic) bond motifs is 1. The lowest BCUT2D eigenvalue weighted by Crippen LogP contribution is -2.42. The molecule has 3 heterocycles. The van der Waals surface area contributed by atoms with Crippen LogP contribution < -0.4 is 4.72 Å². The van der Waals surface area contributed by atoms with Crippen molar-refractivity contribution in [3.63, 3.8) is 0 Å². The summed E-state index contributed by atoms with van der Waals surface area (Å²) in [7, 11) is -4.42. The third kappa shape index (κ3) is 3.84. The highest BCUT2D eigenvalue weighted by atomic mass is 32.2. The lowest BCUT2D eigenvalue weighted by molar-refractivity contribution is -0.147. The van der Waals surface area contributed by atoms with E-state index in [4.69, 9.17) is 0 Å². The van der Waals surface area contributed by atoms with Crippen LogP contribution in [-0.4, -0.2) is 35.2 Å². The summed E-state index contributed by atoms with van der Waals surface area (Å²) in [5.41, 5.74) is 2.88. The third-order valence-corrected chi connectivity index (χ3v) is 7.22. The van der Waals surface area contributed by atoms with E-state index in [1.165, 1.54) is 12.1 Å². The maximum absolute atomic E-state index is 12.8. The zero-order chi connectivity index (χ0) is 23.3. The van der Waals surface area contributed by atoms with E-state index in [9.17, 15) is 26.9 Å². The molecule has 1 N–H and O–H groups in total. The average molecular weight is 463 g/mol. The molecule has 1 atom stereocenters. The molecule has 0 radical (unpaired) electrons. The van der Waals surface area contributed by atoms with Gasteiger partial charge in [-0.15, -0.1) is 0 Å². The fourth-order valence-corrected chi connectivity index (χ4v) is 4.92. The van der Waals surface area contributed by atoms with Crippen molar-refractivity contribution in [2.75, 3.05) is 0 Å². The molecule has 32 heavy (non-hydrogen) atoms. The Morgan fingerprint density at radius 3 is 2.50 bits per heavy atom. The molecule has 0 unspecified atom stereocenters. The van der Waals surface area contributed by atoms with Crippen LogP contribution >= 0.6 is 0 Å². The molecule has 0 saturated heterocycles. The van der Waals surface area contributed by atoms with Crippen LogP contribution in [0.15, 0.2) is 35.5 Å². The van der Waals surface area contributed by atoms with Crippen molar-refractivity contribution in [3.05, 3.63) is 41.9 Å². The normalized spacial score (nSPS) is 16.0. The maximum Gasteiger partial charge on any atom is 0.404 e. The molecule has 0 amide bonds. The summed E-state index contributed by atoms with van der Waals surface area (Å²) >= 11 is 0. The van der Waals surface area contributed by atoms with E-state index < -0.39 is 22.2 Å². The number of nitrogens with one attached hydrogen (secondary N) is 1. The molecule has 3 aromatic heterocycles. The number of pyridine rings is 2. The molecule has 0 aromatic carbocycles. The molecular formula is C21H20F3N5O2S. The first kappa shape index (κ1) is 22.2. The zero-order valence-corrected chi connectivity index (χ0v) is 18.1. The lowest BCUT2D eigenvalue weighted by atomic mass is 9.92. The van der Waals surface area contributed by atoms with Crippen molar-refractivity contribution in [2.45, 2.75) is 56.3 Å². The number of sulfonamides is 1. The summed E-state index contributed by atoms with van der Waals surface area (Å²) in [5.74, 6) is 0. The minimum atomic E-state index is -4.71. The van der Waals surface area contributed by atoms with Crippen LogP contribution in [0.5, 0.6) is 0 Å². The number of rotatable bonds is 5. The smallest absolute Gasteiger partial charge is 0.334 e. The Bertz CT molecular complexity index is 1320. The van der Waals surface area contributed by atoms with Gasteiger partial charge in [0.2, 0.25) is 10.0 Å². The van der Waals surface area contributed by atoms with E-state index >= 15 is 0 Å². The Balaban J connectivity index is 1.80. The fourth-order valence-electron chi connectivity index (χ4n) is 3.75. The van der Waals surface area contributed by atoms with Crippen molar-refractivity contribution in [1.29, 1.82) is 5.26 Å². The van der Waals surface area contributed by atoms with Crippen molar-refractivity contribution in [3.8, 4) is 17.5 Å². The van der Waals surface area contributed by atoms with Crippen LogP contribution in [0.3, 0.4) is 0 Å². The minimum Gasteiger partial charge on any atom is -0.334 e. The molecule has 7 nitrogen and oxygen atoms in total. The molecule has 3 aromatic rings. The molecule has 4 rings (SSSR count). The molecule has 1 aliphatic carbocycles. The van der Waals surface area contributed by atoms with Crippen LogP contribution in [-0.2, 0) is 10.0 Å². The molecule has 11 heteroatoms. The standard InChI is InChI=1S/C21H20F3N5O2S/c1-12-8-16-17(9-25)20(29(14-4-3-5-14)19(16)11-26-12)18-7-6-15(10-27-18)32(30,31)28-13(2)21(22,23)24/h6-8,10-11,13-14,28H,3-5H2,1-2H3/t13-/m0/s1. The molecule has 0 aliphatic heterocycles. The lowest BCUT2D eigenvalue weighted by Gasteiger charge is -2.29. The summed E-state index contributed by atoms with van der Waals surface area (Å²) in [4.78, 5) is 8.19. The Kier molecular flexibility index (Phi) is 5.46. The Morgan fingerprint density at radius 1 is 1.25 bits per heavy atom. The van der Waals surface area contributed by atoms with Crippen molar-refractivity contribution in [2.24, 2.45) is 0 Å². The summed E-state index contributed by atoms with van der Waals surface area (Å²) < 4.78 is 66.6. The van der Waals surface area contributed by atoms with Gasteiger partial charge < -0.3 is 4.57 Å². The Morgan fingerprint density at radius 2 is 1.97 bits per heavy atom. The number of hydrogen-bond donors (Lipinski definition) is 1. The number of aryl methyl sites for hydroxylation is 1. The highest BCUT2D eigenvalue weighted by Gasteiger charge is 2.39. The highest BCUT2D eigenvalue weighted by Crippen LogP contribution is 2.42. The van der Waals surface area contributed by atoms with Crippen LogP contribution in [0.25, 0.3) is 22.3 Å². The second-order valence-electron chi connectivity index (χ2n) is 7.90. The Labute approximate surface area is 183 Å². The van der Waals surface area contributed by atoms with E-state index in [0.29, 0.717) is 17.0 Å². The molecule has 168 valence electrons. The van der Waals surface area contributed by atoms with Gasteiger partial charge in [0.05, 0.1) is 28.7 Å². The van der Waals surface area contributed by atoms with Gasteiger partial charge in [-0.05, 0) is 51.3 Å². The second kappa shape index (κ2) is 7.86. The van der Waals surface area contributed by atoms with Gasteiger partial charge in [0, 0.05) is 23.3 Å². The van der Waals surface area contributed by atoms with Crippen LogP contribution in [0.2, 0.25) is 0 Å². The minimum absolute atomic E-state index is 0.165. The number of nitriles is 1. The number of alkyl halides is 3. The summed E-state index contributed by atoms with van der Waals surface area (Å²) in [6.45, 7) is 2.55. The van der Waals surface area contributed by atoms with E-state index in [0.717, 1.165) is 49.0 Å². The Hall–Kier alpha value is -2.97. The van der Waals surface area contributed by atoms with Gasteiger partial charge >= 0.3 is 6.18 Å². The maximum atomic E-state index is 12.8. The first-order chi connectivity index (χ1) is 15.0. The number of nitrogens with zero attached hydrogens (tertiary/aromatic N) is 4. The van der Waals surface area contributed by atoms with Gasteiger partial charge in [0.1, 0.15) is 17.0 Å². The quantitative estimate of drug-likeness (QED) is 0.610. The average Bonchev–Trinajstić information content (AvgIpc) is 2.99. The number of hydrogen-bond acceptors (Lipinski definition) is 5. The number of aromatic nitrogens is 3. The van der Waals surface area contributed by atoms with E-state index in [2.05, 4.69) is 16.0 Å². The van der Waals surface area contributed by atoms with Crippen LogP contribution in [0.4, 0.5) is 13.2 Å². The monoisotopic (exact) mass is 463 g/mol. The van der Waals surface area contributed by atoms with Crippen molar-refractivity contribution in [1.82, 2.24) is 19.3 Å². The van der Waals surface area contributed by atoms with Gasteiger partial charge in [-0.1, -0.05) is 0 Å². The van der Waals surface area contributed by atoms with Gasteiger partial charge in [0.25, 0.3) is 0 Å². The summed E-state index contributed by atoms with van der Waals surface area (Å²) in [6, 6.07) is 4.59. The van der Waals surface area contributed by atoms with Crippen LogP contribution in [0, 0.1) is 18.3 Å².